The van der Waals surface area contributed by atoms with E-state index in [2.05, 4.69) is 0 Å². The zero-order valence-electron chi connectivity index (χ0n) is 13.8. The van der Waals surface area contributed by atoms with Gasteiger partial charge in [0.15, 0.2) is 0 Å². The molecule has 1 heterocycles. The summed E-state index contributed by atoms with van der Waals surface area (Å²) in [4.78, 5) is 25.8. The lowest BCUT2D eigenvalue weighted by Crippen LogP contribution is -2.30. The van der Waals surface area contributed by atoms with Gasteiger partial charge < -0.3 is 10.0 Å². The Kier molecular flexibility index (Phi) is 5.39. The number of nitrogens with zero attached hydrogens (tertiary/aromatic N) is 1. The van der Waals surface area contributed by atoms with Crippen LogP contribution in [0, 0.1) is 5.92 Å². The van der Waals surface area contributed by atoms with Gasteiger partial charge in [0.25, 0.3) is 0 Å². The number of carbonyl (C=O) groups excluding carboxylic acids is 1. The summed E-state index contributed by atoms with van der Waals surface area (Å²) >= 11 is 5.92. The Bertz CT molecular complexity index is 745. The molecule has 5 heteroatoms. The van der Waals surface area contributed by atoms with Crippen LogP contribution in [0.15, 0.2) is 54.6 Å². The summed E-state index contributed by atoms with van der Waals surface area (Å²) in [5.41, 5.74) is 2.02. The van der Waals surface area contributed by atoms with Crippen LogP contribution in [-0.4, -0.2) is 35.0 Å². The van der Waals surface area contributed by atoms with Crippen LogP contribution in [0.2, 0.25) is 5.02 Å². The first kappa shape index (κ1) is 17.5. The molecule has 0 aliphatic carbocycles. The molecule has 130 valence electrons. The Hall–Kier alpha value is -2.33. The molecule has 0 spiro atoms. The number of carboxylic acids is 1. The molecule has 1 fully saturated rings. The number of amides is 1. The largest absolute Gasteiger partial charge is 0.481 e. The van der Waals surface area contributed by atoms with Crippen LogP contribution in [0.4, 0.5) is 0 Å². The van der Waals surface area contributed by atoms with Crippen LogP contribution in [-0.2, 0) is 16.0 Å². The summed E-state index contributed by atoms with van der Waals surface area (Å²) in [5.74, 6) is -1.64. The van der Waals surface area contributed by atoms with Crippen molar-refractivity contribution in [3.63, 3.8) is 0 Å². The first-order valence-electron chi connectivity index (χ1n) is 8.34. The van der Waals surface area contributed by atoms with Gasteiger partial charge in [-0.05, 0) is 29.7 Å². The van der Waals surface area contributed by atoms with E-state index in [1.54, 1.807) is 17.0 Å². The predicted octanol–water partition coefficient (Wildman–Crippen LogP) is 3.60. The van der Waals surface area contributed by atoms with Gasteiger partial charge in [-0.25, -0.2) is 0 Å². The Labute approximate surface area is 152 Å². The van der Waals surface area contributed by atoms with Crippen molar-refractivity contribution in [3.05, 3.63) is 70.7 Å². The molecule has 25 heavy (non-hydrogen) atoms. The number of benzene rings is 2. The topological polar surface area (TPSA) is 57.6 Å². The van der Waals surface area contributed by atoms with Crippen molar-refractivity contribution in [2.24, 2.45) is 5.92 Å². The molecule has 2 aromatic rings. The molecule has 1 N–H and O–H groups in total. The van der Waals surface area contributed by atoms with E-state index in [0.717, 1.165) is 11.1 Å². The summed E-state index contributed by atoms with van der Waals surface area (Å²) in [6.07, 6.45) is 1.06. The van der Waals surface area contributed by atoms with Crippen molar-refractivity contribution in [2.45, 2.75) is 18.8 Å². The molecule has 0 saturated carbocycles. The third-order valence-corrected chi connectivity index (χ3v) is 5.01. The second kappa shape index (κ2) is 7.70. The average Bonchev–Trinajstić information content (AvgIpc) is 3.07. The normalized spacial score (nSPS) is 19.8. The summed E-state index contributed by atoms with van der Waals surface area (Å²) < 4.78 is 0. The van der Waals surface area contributed by atoms with Gasteiger partial charge in [0, 0.05) is 30.5 Å². The standard InChI is InChI=1S/C20H20ClNO3/c21-16-9-7-15(8-10-16)17-12-22(13-18(17)20(24)25)19(23)11-6-14-4-2-1-3-5-14/h1-5,7-10,17-18H,6,11-13H2,(H,24,25)/t17-,18+/m0/s1. The van der Waals surface area contributed by atoms with Crippen molar-refractivity contribution in [1.82, 2.24) is 4.90 Å². The lowest BCUT2D eigenvalue weighted by atomic mass is 9.89. The summed E-state index contributed by atoms with van der Waals surface area (Å²) in [6.45, 7) is 0.697. The fraction of sp³-hybridized carbons (Fsp3) is 0.300. The molecule has 0 radical (unpaired) electrons. The zero-order valence-corrected chi connectivity index (χ0v) is 14.5. The number of carbonyl (C=O) groups is 2. The second-order valence-corrected chi connectivity index (χ2v) is 6.82. The molecule has 0 aromatic heterocycles. The number of aliphatic carboxylic acids is 1. The molecule has 2 atom stereocenters. The summed E-state index contributed by atoms with van der Waals surface area (Å²) in [7, 11) is 0. The van der Waals surface area contributed by atoms with E-state index in [1.807, 2.05) is 42.5 Å². The molecule has 2 aromatic carbocycles. The SMILES string of the molecule is O=C(O)[C@@H]1CN(C(=O)CCc2ccccc2)C[C@H]1c1ccc(Cl)cc1. The van der Waals surface area contributed by atoms with E-state index >= 15 is 0 Å². The molecule has 0 bridgehead atoms. The maximum Gasteiger partial charge on any atom is 0.308 e. The van der Waals surface area contributed by atoms with Gasteiger partial charge >= 0.3 is 5.97 Å². The molecule has 1 saturated heterocycles. The number of aryl methyl sites for hydroxylation is 1. The van der Waals surface area contributed by atoms with Gasteiger partial charge in [-0.15, -0.1) is 0 Å². The first-order valence-corrected chi connectivity index (χ1v) is 8.72. The number of carboxylic acid groups (broad SMARTS) is 1. The number of halogens is 1. The lowest BCUT2D eigenvalue weighted by Gasteiger charge is -2.16. The highest BCUT2D eigenvalue weighted by atomic mass is 35.5. The number of rotatable bonds is 5. The maximum absolute atomic E-state index is 12.5. The van der Waals surface area contributed by atoms with Gasteiger partial charge in [-0.1, -0.05) is 54.1 Å². The van der Waals surface area contributed by atoms with E-state index < -0.39 is 11.9 Å². The van der Waals surface area contributed by atoms with Crippen LogP contribution < -0.4 is 0 Å². The van der Waals surface area contributed by atoms with Crippen LogP contribution in [0.25, 0.3) is 0 Å². The van der Waals surface area contributed by atoms with Crippen molar-refractivity contribution in [2.75, 3.05) is 13.1 Å². The Morgan fingerprint density at radius 2 is 1.72 bits per heavy atom. The molecule has 4 nitrogen and oxygen atoms in total. The molecular weight excluding hydrogens is 338 g/mol. The highest BCUT2D eigenvalue weighted by Crippen LogP contribution is 2.34. The van der Waals surface area contributed by atoms with E-state index in [1.165, 1.54) is 0 Å². The van der Waals surface area contributed by atoms with Gasteiger partial charge in [-0.3, -0.25) is 9.59 Å². The van der Waals surface area contributed by atoms with E-state index in [-0.39, 0.29) is 18.4 Å². The molecule has 1 amide bonds. The van der Waals surface area contributed by atoms with Gasteiger partial charge in [0.1, 0.15) is 0 Å². The minimum atomic E-state index is -0.863. The van der Waals surface area contributed by atoms with Crippen LogP contribution in [0.3, 0.4) is 0 Å². The quantitative estimate of drug-likeness (QED) is 0.889. The average molecular weight is 358 g/mol. The van der Waals surface area contributed by atoms with Crippen molar-refractivity contribution < 1.29 is 14.7 Å². The van der Waals surface area contributed by atoms with E-state index in [0.29, 0.717) is 24.4 Å². The van der Waals surface area contributed by atoms with Gasteiger partial charge in [-0.2, -0.15) is 0 Å². The molecule has 1 aliphatic rings. The van der Waals surface area contributed by atoms with Crippen LogP contribution in [0.5, 0.6) is 0 Å². The monoisotopic (exact) mass is 357 g/mol. The highest BCUT2D eigenvalue weighted by molar-refractivity contribution is 6.30. The van der Waals surface area contributed by atoms with Crippen molar-refractivity contribution in [3.8, 4) is 0 Å². The minimum absolute atomic E-state index is 0.00608. The first-order chi connectivity index (χ1) is 12.0. The fourth-order valence-electron chi connectivity index (χ4n) is 3.36. The Morgan fingerprint density at radius 1 is 1.04 bits per heavy atom. The fourth-order valence-corrected chi connectivity index (χ4v) is 3.49. The smallest absolute Gasteiger partial charge is 0.308 e. The summed E-state index contributed by atoms with van der Waals surface area (Å²) in [6, 6.07) is 17.0. The zero-order chi connectivity index (χ0) is 17.8. The molecule has 3 rings (SSSR count). The number of hydrogen-bond donors (Lipinski definition) is 1. The van der Waals surface area contributed by atoms with Gasteiger partial charge in [0.2, 0.25) is 5.91 Å². The van der Waals surface area contributed by atoms with E-state index in [9.17, 15) is 14.7 Å². The maximum atomic E-state index is 12.5. The third-order valence-electron chi connectivity index (χ3n) is 4.76. The number of likely N-dealkylation sites (tertiary alicyclic amines) is 1. The van der Waals surface area contributed by atoms with Crippen molar-refractivity contribution in [1.29, 1.82) is 0 Å². The molecule has 0 unspecified atom stereocenters. The Balaban J connectivity index is 1.68. The third kappa shape index (κ3) is 4.20. The Morgan fingerprint density at radius 3 is 2.36 bits per heavy atom. The van der Waals surface area contributed by atoms with Gasteiger partial charge in [0.05, 0.1) is 5.92 Å². The highest BCUT2D eigenvalue weighted by Gasteiger charge is 2.40. The number of hydrogen-bond acceptors (Lipinski definition) is 2. The molecular formula is C20H20ClNO3. The molecule has 1 aliphatic heterocycles. The van der Waals surface area contributed by atoms with Crippen molar-refractivity contribution >= 4 is 23.5 Å². The minimum Gasteiger partial charge on any atom is -0.481 e. The van der Waals surface area contributed by atoms with Crippen LogP contribution in [0.1, 0.15) is 23.5 Å². The predicted molar refractivity (Wildman–Crippen MR) is 96.7 cm³/mol. The second-order valence-electron chi connectivity index (χ2n) is 6.39. The lowest BCUT2D eigenvalue weighted by molar-refractivity contribution is -0.141. The summed E-state index contributed by atoms with van der Waals surface area (Å²) in [5, 5.41) is 10.2. The van der Waals surface area contributed by atoms with Crippen LogP contribution >= 0.6 is 11.6 Å². The van der Waals surface area contributed by atoms with E-state index in [4.69, 9.17) is 11.6 Å².